The van der Waals surface area contributed by atoms with Crippen LogP contribution in [-0.2, 0) is 4.79 Å². The summed E-state index contributed by atoms with van der Waals surface area (Å²) < 4.78 is 16.0. The van der Waals surface area contributed by atoms with Crippen molar-refractivity contribution >= 4 is 11.5 Å². The van der Waals surface area contributed by atoms with Crippen molar-refractivity contribution in [3.05, 3.63) is 70.5 Å². The smallest absolute Gasteiger partial charge is 0.208 e. The summed E-state index contributed by atoms with van der Waals surface area (Å²) in [6.45, 7) is 8.45. The number of carboxylic acid groups (broad SMARTS) is 1. The summed E-state index contributed by atoms with van der Waals surface area (Å²) in [7, 11) is 0. The summed E-state index contributed by atoms with van der Waals surface area (Å²) in [5.74, 6) is -1.61. The first-order chi connectivity index (χ1) is 15.5. The van der Waals surface area contributed by atoms with Gasteiger partial charge in [-0.05, 0) is 55.9 Å². The van der Waals surface area contributed by atoms with Crippen molar-refractivity contribution < 1.29 is 24.5 Å². The fourth-order valence-electron chi connectivity index (χ4n) is 5.15. The van der Waals surface area contributed by atoms with Crippen LogP contribution in [0.4, 0.5) is 4.39 Å². The van der Waals surface area contributed by atoms with E-state index in [1.165, 1.54) is 12.1 Å². The number of aliphatic carboxylic acids is 1. The van der Waals surface area contributed by atoms with Gasteiger partial charge in [0.2, 0.25) is 5.36 Å². The minimum atomic E-state index is -1.33. The van der Waals surface area contributed by atoms with Crippen molar-refractivity contribution in [1.82, 2.24) is 4.58 Å². The third-order valence-corrected chi connectivity index (χ3v) is 6.33. The van der Waals surface area contributed by atoms with E-state index in [9.17, 15) is 24.5 Å². The van der Waals surface area contributed by atoms with Crippen LogP contribution in [0, 0.1) is 11.2 Å². The molecule has 1 heterocycles. The van der Waals surface area contributed by atoms with Crippen LogP contribution in [0.5, 0.6) is 0 Å². The molecule has 33 heavy (non-hydrogen) atoms. The summed E-state index contributed by atoms with van der Waals surface area (Å²) in [4.78, 5) is 10.7. The number of carbonyl (C=O) groups is 1. The molecule has 2 aromatic carbocycles. The fraction of sp³-hybridized carbons (Fsp3) is 0.481. The Balaban J connectivity index is 1.95. The van der Waals surface area contributed by atoms with Crippen LogP contribution in [-0.4, -0.2) is 40.5 Å². The highest BCUT2D eigenvalue weighted by atomic mass is 19.1. The van der Waals surface area contributed by atoms with Crippen LogP contribution < -0.4 is 20.3 Å². The van der Waals surface area contributed by atoms with Crippen molar-refractivity contribution in [3.63, 3.8) is 0 Å². The van der Waals surface area contributed by atoms with Gasteiger partial charge >= 0.3 is 0 Å². The van der Waals surface area contributed by atoms with Crippen molar-refractivity contribution in [3.8, 4) is 0 Å². The minimum absolute atomic E-state index is 0.00920. The van der Waals surface area contributed by atoms with E-state index in [2.05, 4.69) is 44.4 Å². The van der Waals surface area contributed by atoms with Gasteiger partial charge < -0.3 is 20.1 Å². The number of carboxylic acids is 1. The van der Waals surface area contributed by atoms with Crippen molar-refractivity contribution in [2.75, 3.05) is 0 Å². The van der Waals surface area contributed by atoms with Gasteiger partial charge in [-0.15, -0.1) is 0 Å². The molecule has 0 saturated heterocycles. The third kappa shape index (κ3) is 6.06. The highest BCUT2D eigenvalue weighted by Crippen LogP contribution is 2.35. The number of rotatable bonds is 10. The molecule has 0 amide bonds. The highest BCUT2D eigenvalue weighted by Gasteiger charge is 2.40. The molecular formula is C27H34FNO4. The average molecular weight is 456 g/mol. The SMILES string of the molecule is CC(C)[N+]1=c2ccccc2=C(c2ccc(F)cc2)C1CC(C)(C)C[C@@H](O)C[C@@H](O)CC(=O)[O-]. The van der Waals surface area contributed by atoms with Crippen molar-refractivity contribution in [2.45, 2.75) is 77.7 Å². The minimum Gasteiger partial charge on any atom is -0.550 e. The average Bonchev–Trinajstić information content (AvgIpc) is 3.00. The van der Waals surface area contributed by atoms with E-state index >= 15 is 0 Å². The van der Waals surface area contributed by atoms with Crippen molar-refractivity contribution in [1.29, 1.82) is 0 Å². The van der Waals surface area contributed by atoms with E-state index in [0.29, 0.717) is 6.42 Å². The first-order valence-corrected chi connectivity index (χ1v) is 11.5. The Hall–Kier alpha value is -2.57. The molecule has 5 nitrogen and oxygen atoms in total. The molecule has 0 radical (unpaired) electrons. The Morgan fingerprint density at radius 1 is 1.09 bits per heavy atom. The molecule has 0 fully saturated rings. The molecule has 1 unspecified atom stereocenters. The van der Waals surface area contributed by atoms with E-state index in [-0.39, 0.29) is 29.7 Å². The van der Waals surface area contributed by atoms with E-state index in [1.54, 1.807) is 0 Å². The zero-order valence-corrected chi connectivity index (χ0v) is 19.8. The monoisotopic (exact) mass is 455 g/mol. The Morgan fingerprint density at radius 2 is 1.73 bits per heavy atom. The number of hydrogen-bond acceptors (Lipinski definition) is 4. The van der Waals surface area contributed by atoms with Crippen molar-refractivity contribution in [2.24, 2.45) is 5.41 Å². The quantitative estimate of drug-likeness (QED) is 0.530. The molecule has 0 spiro atoms. The highest BCUT2D eigenvalue weighted by molar-refractivity contribution is 5.71. The molecule has 3 rings (SSSR count). The maximum absolute atomic E-state index is 13.7. The molecule has 1 aliphatic heterocycles. The number of halogens is 1. The lowest BCUT2D eigenvalue weighted by molar-refractivity contribution is -0.307. The number of benzene rings is 2. The molecule has 2 aromatic rings. The molecule has 0 aromatic heterocycles. The largest absolute Gasteiger partial charge is 0.550 e. The number of nitrogens with zero attached hydrogens (tertiary/aromatic N) is 1. The molecule has 6 heteroatoms. The number of aliphatic hydroxyl groups excluding tert-OH is 2. The van der Waals surface area contributed by atoms with Crippen LogP contribution in [0.1, 0.15) is 58.9 Å². The standard InChI is InChI=1S/C27H34FNO4/c1-17(2)29-23-8-6-5-7-22(23)26(18-9-11-19(28)12-10-18)24(29)16-27(3,4)15-21(31)13-20(30)14-25(32)33/h5-12,17,20-21,24,30-31H,13-16H2,1-4H3/t20-,21+,24?/m1/s1. The molecule has 0 saturated carbocycles. The number of hydrogen-bond donors (Lipinski definition) is 2. The van der Waals surface area contributed by atoms with E-state index < -0.39 is 24.6 Å². The predicted molar refractivity (Wildman–Crippen MR) is 124 cm³/mol. The van der Waals surface area contributed by atoms with Gasteiger partial charge in [-0.1, -0.05) is 38.1 Å². The van der Waals surface area contributed by atoms with E-state index in [0.717, 1.165) is 28.1 Å². The Morgan fingerprint density at radius 3 is 2.33 bits per heavy atom. The second-order valence-corrected chi connectivity index (χ2v) is 10.1. The molecule has 3 atom stereocenters. The van der Waals surface area contributed by atoms with Gasteiger partial charge in [-0.3, -0.25) is 0 Å². The zero-order chi connectivity index (χ0) is 24.3. The van der Waals surface area contributed by atoms with Crippen LogP contribution in [0.3, 0.4) is 0 Å². The van der Waals surface area contributed by atoms with Crippen LogP contribution in [0.15, 0.2) is 48.5 Å². The molecule has 178 valence electrons. The number of para-hydroxylation sites is 1. The number of aliphatic hydroxyl groups is 2. The number of fused-ring (bicyclic) bond motifs is 1. The summed E-state index contributed by atoms with van der Waals surface area (Å²) in [6, 6.07) is 15.1. The maximum Gasteiger partial charge on any atom is 0.208 e. The van der Waals surface area contributed by atoms with Gasteiger partial charge in [0, 0.05) is 30.5 Å². The van der Waals surface area contributed by atoms with Gasteiger partial charge in [0.15, 0.2) is 6.04 Å². The van der Waals surface area contributed by atoms with Gasteiger partial charge in [0.25, 0.3) is 0 Å². The second kappa shape index (κ2) is 10.1. The number of carbonyl (C=O) groups excluding carboxylic acids is 1. The lowest BCUT2D eigenvalue weighted by Crippen LogP contribution is -2.44. The van der Waals surface area contributed by atoms with Crippen LogP contribution >= 0.6 is 0 Å². The lowest BCUT2D eigenvalue weighted by atomic mass is 9.77. The first-order valence-electron chi connectivity index (χ1n) is 11.5. The molecule has 0 aliphatic carbocycles. The molecule has 0 bridgehead atoms. The van der Waals surface area contributed by atoms with Crippen LogP contribution in [0.25, 0.3) is 5.57 Å². The normalized spacial score (nSPS) is 17.9. The van der Waals surface area contributed by atoms with Gasteiger partial charge in [-0.2, -0.15) is 0 Å². The van der Waals surface area contributed by atoms with E-state index in [1.807, 2.05) is 24.3 Å². The Kier molecular flexibility index (Phi) is 7.70. The molecule has 1 aliphatic rings. The summed E-state index contributed by atoms with van der Waals surface area (Å²) in [5, 5.41) is 33.4. The summed E-state index contributed by atoms with van der Waals surface area (Å²) in [6.07, 6.45) is -1.33. The Bertz CT molecular complexity index is 1110. The summed E-state index contributed by atoms with van der Waals surface area (Å²) in [5.41, 5.74) is 1.79. The van der Waals surface area contributed by atoms with Gasteiger partial charge in [-0.25, -0.2) is 8.97 Å². The first kappa shape index (κ1) is 25.1. The third-order valence-electron chi connectivity index (χ3n) is 6.33. The molecule has 2 N–H and O–H groups in total. The second-order valence-electron chi connectivity index (χ2n) is 10.1. The Labute approximate surface area is 194 Å². The lowest BCUT2D eigenvalue weighted by Gasteiger charge is -2.31. The fourth-order valence-corrected chi connectivity index (χ4v) is 5.15. The molecular weight excluding hydrogens is 421 g/mol. The summed E-state index contributed by atoms with van der Waals surface area (Å²) >= 11 is 0. The van der Waals surface area contributed by atoms with E-state index in [4.69, 9.17) is 0 Å². The maximum atomic E-state index is 13.7. The predicted octanol–water partition coefficient (Wildman–Crippen LogP) is 1.36. The zero-order valence-electron chi connectivity index (χ0n) is 19.8. The topological polar surface area (TPSA) is 83.6 Å². The van der Waals surface area contributed by atoms with Crippen LogP contribution in [0.2, 0.25) is 0 Å². The van der Waals surface area contributed by atoms with Gasteiger partial charge in [0.1, 0.15) is 11.9 Å². The van der Waals surface area contributed by atoms with Gasteiger partial charge in [0.05, 0.1) is 17.4 Å².